The first-order valence-corrected chi connectivity index (χ1v) is 8.52. The van der Waals surface area contributed by atoms with Crippen LogP contribution in [-0.2, 0) is 0 Å². The quantitative estimate of drug-likeness (QED) is 0.538. The molecule has 2 aromatic carbocycles. The topological polar surface area (TPSA) is 84.7 Å². The fourth-order valence-electron chi connectivity index (χ4n) is 2.58. The number of amides is 1. The molecule has 0 unspecified atom stereocenters. The van der Waals surface area contributed by atoms with Gasteiger partial charge in [-0.1, -0.05) is 0 Å². The SMILES string of the molecule is O=C(Nc1ccc(Nc2cc(-n3ccnc3)ncn2)cc1)c1ccc(F)c(F)c1. The lowest BCUT2D eigenvalue weighted by atomic mass is 10.2. The molecule has 0 aliphatic rings. The van der Waals surface area contributed by atoms with Gasteiger partial charge in [0, 0.05) is 35.4 Å². The fourth-order valence-corrected chi connectivity index (χ4v) is 2.58. The molecule has 2 N–H and O–H groups in total. The molecule has 0 atom stereocenters. The van der Waals surface area contributed by atoms with Crippen LogP contribution in [0.5, 0.6) is 0 Å². The Kier molecular flexibility index (Phi) is 4.93. The Morgan fingerprint density at radius 3 is 2.45 bits per heavy atom. The summed E-state index contributed by atoms with van der Waals surface area (Å²) in [6, 6.07) is 11.6. The number of hydrogen-bond donors (Lipinski definition) is 2. The minimum atomic E-state index is -1.07. The van der Waals surface area contributed by atoms with Crippen molar-refractivity contribution >= 4 is 23.1 Å². The Morgan fingerprint density at radius 1 is 0.931 bits per heavy atom. The number of anilines is 3. The van der Waals surface area contributed by atoms with Crippen LogP contribution in [0.3, 0.4) is 0 Å². The molecule has 0 spiro atoms. The van der Waals surface area contributed by atoms with Crippen molar-refractivity contribution in [1.82, 2.24) is 19.5 Å². The second kappa shape index (κ2) is 7.85. The molecule has 2 heterocycles. The molecule has 0 fully saturated rings. The maximum absolute atomic E-state index is 13.3. The first-order valence-electron chi connectivity index (χ1n) is 8.52. The number of hydrogen-bond acceptors (Lipinski definition) is 5. The highest BCUT2D eigenvalue weighted by Crippen LogP contribution is 2.19. The number of rotatable bonds is 5. The van der Waals surface area contributed by atoms with Crippen molar-refractivity contribution in [2.75, 3.05) is 10.6 Å². The second-order valence-corrected chi connectivity index (χ2v) is 6.02. The number of nitrogens with zero attached hydrogens (tertiary/aromatic N) is 4. The molecule has 0 saturated carbocycles. The molecule has 0 radical (unpaired) electrons. The number of carbonyl (C=O) groups is 1. The van der Waals surface area contributed by atoms with Crippen molar-refractivity contribution in [3.63, 3.8) is 0 Å². The Bertz CT molecular complexity index is 1150. The highest BCUT2D eigenvalue weighted by molar-refractivity contribution is 6.04. The molecular weight excluding hydrogens is 378 g/mol. The first-order chi connectivity index (χ1) is 14.1. The van der Waals surface area contributed by atoms with E-state index >= 15 is 0 Å². The third-order valence-corrected chi connectivity index (χ3v) is 4.02. The van der Waals surface area contributed by atoms with Crippen LogP contribution in [0, 0.1) is 11.6 Å². The van der Waals surface area contributed by atoms with Crippen LogP contribution in [0.15, 0.2) is 73.6 Å². The second-order valence-electron chi connectivity index (χ2n) is 6.02. The summed E-state index contributed by atoms with van der Waals surface area (Å²) in [5, 5.41) is 5.78. The summed E-state index contributed by atoms with van der Waals surface area (Å²) in [5.41, 5.74) is 1.28. The van der Waals surface area contributed by atoms with Crippen LogP contribution >= 0.6 is 0 Å². The summed E-state index contributed by atoms with van der Waals surface area (Å²) >= 11 is 0. The van der Waals surface area contributed by atoms with E-state index in [1.54, 1.807) is 53.6 Å². The molecule has 9 heteroatoms. The fraction of sp³-hybridized carbons (Fsp3) is 0. The Balaban J connectivity index is 1.43. The van der Waals surface area contributed by atoms with Gasteiger partial charge < -0.3 is 10.6 Å². The van der Waals surface area contributed by atoms with Gasteiger partial charge in [0.2, 0.25) is 0 Å². The zero-order valence-electron chi connectivity index (χ0n) is 14.9. The number of halogens is 2. The molecule has 0 saturated heterocycles. The smallest absolute Gasteiger partial charge is 0.255 e. The van der Waals surface area contributed by atoms with Gasteiger partial charge >= 0.3 is 0 Å². The van der Waals surface area contributed by atoms with Crippen molar-refractivity contribution in [3.05, 3.63) is 90.8 Å². The van der Waals surface area contributed by atoms with Gasteiger partial charge in [-0.25, -0.2) is 23.7 Å². The van der Waals surface area contributed by atoms with Gasteiger partial charge in [-0.2, -0.15) is 0 Å². The number of benzene rings is 2. The minimum Gasteiger partial charge on any atom is -0.340 e. The predicted molar refractivity (Wildman–Crippen MR) is 103 cm³/mol. The van der Waals surface area contributed by atoms with Crippen molar-refractivity contribution in [2.24, 2.45) is 0 Å². The third kappa shape index (κ3) is 4.24. The summed E-state index contributed by atoms with van der Waals surface area (Å²) in [6.45, 7) is 0. The monoisotopic (exact) mass is 392 g/mol. The van der Waals surface area contributed by atoms with E-state index in [4.69, 9.17) is 0 Å². The standard InChI is InChI=1S/C20H14F2N6O/c21-16-6-1-13(9-17(16)22)20(29)27-15-4-2-14(3-5-15)26-18-10-19(25-11-24-18)28-8-7-23-12-28/h1-12H,(H,27,29)(H,24,25,26). The summed E-state index contributed by atoms with van der Waals surface area (Å²) < 4.78 is 28.0. The molecule has 4 rings (SSSR count). The van der Waals surface area contributed by atoms with E-state index in [9.17, 15) is 13.6 Å². The normalized spacial score (nSPS) is 10.6. The molecule has 0 bridgehead atoms. The number of imidazole rings is 1. The highest BCUT2D eigenvalue weighted by Gasteiger charge is 2.10. The Morgan fingerprint density at radius 2 is 1.72 bits per heavy atom. The van der Waals surface area contributed by atoms with Gasteiger partial charge in [0.15, 0.2) is 11.6 Å². The molecular formula is C20H14F2N6O. The van der Waals surface area contributed by atoms with Gasteiger partial charge in [0.05, 0.1) is 0 Å². The number of aromatic nitrogens is 4. The van der Waals surface area contributed by atoms with E-state index in [2.05, 4.69) is 25.6 Å². The molecule has 0 aliphatic heterocycles. The summed E-state index contributed by atoms with van der Waals surface area (Å²) in [4.78, 5) is 24.5. The van der Waals surface area contributed by atoms with Crippen molar-refractivity contribution in [2.45, 2.75) is 0 Å². The summed E-state index contributed by atoms with van der Waals surface area (Å²) in [5.74, 6) is -1.36. The minimum absolute atomic E-state index is 0.0270. The van der Waals surface area contributed by atoms with Gasteiger partial charge in [-0.05, 0) is 42.5 Å². The van der Waals surface area contributed by atoms with Gasteiger partial charge in [0.25, 0.3) is 5.91 Å². The van der Waals surface area contributed by atoms with E-state index in [-0.39, 0.29) is 5.56 Å². The number of carbonyl (C=O) groups excluding carboxylic acids is 1. The Hall–Kier alpha value is -4.14. The molecule has 29 heavy (non-hydrogen) atoms. The van der Waals surface area contributed by atoms with E-state index in [0.717, 1.165) is 17.8 Å². The van der Waals surface area contributed by atoms with Crippen molar-refractivity contribution < 1.29 is 13.6 Å². The third-order valence-electron chi connectivity index (χ3n) is 4.02. The lowest BCUT2D eigenvalue weighted by Crippen LogP contribution is -2.12. The molecule has 2 aromatic heterocycles. The van der Waals surface area contributed by atoms with Crippen LogP contribution in [0.25, 0.3) is 5.82 Å². The average Bonchev–Trinajstić information content (AvgIpc) is 3.27. The predicted octanol–water partition coefficient (Wildman–Crippen LogP) is 3.94. The van der Waals surface area contributed by atoms with Crippen LogP contribution < -0.4 is 10.6 Å². The first kappa shape index (κ1) is 18.2. The molecule has 0 aliphatic carbocycles. The summed E-state index contributed by atoms with van der Waals surface area (Å²) in [6.07, 6.45) is 6.50. The molecule has 7 nitrogen and oxygen atoms in total. The lowest BCUT2D eigenvalue weighted by Gasteiger charge is -2.09. The van der Waals surface area contributed by atoms with E-state index in [1.807, 2.05) is 0 Å². The van der Waals surface area contributed by atoms with Gasteiger partial charge in [-0.15, -0.1) is 0 Å². The van der Waals surface area contributed by atoms with Crippen molar-refractivity contribution in [3.8, 4) is 5.82 Å². The molecule has 4 aromatic rings. The van der Waals surface area contributed by atoms with Gasteiger partial charge in [-0.3, -0.25) is 9.36 Å². The maximum atomic E-state index is 13.3. The van der Waals surface area contributed by atoms with Crippen molar-refractivity contribution in [1.29, 1.82) is 0 Å². The Labute approximate surface area is 164 Å². The van der Waals surface area contributed by atoms with Crippen LogP contribution in [0.1, 0.15) is 10.4 Å². The molecule has 144 valence electrons. The highest BCUT2D eigenvalue weighted by atomic mass is 19.2. The maximum Gasteiger partial charge on any atom is 0.255 e. The lowest BCUT2D eigenvalue weighted by molar-refractivity contribution is 0.102. The van der Waals surface area contributed by atoms with Crippen LogP contribution in [-0.4, -0.2) is 25.4 Å². The largest absolute Gasteiger partial charge is 0.340 e. The zero-order valence-corrected chi connectivity index (χ0v) is 14.9. The zero-order chi connectivity index (χ0) is 20.2. The van der Waals surface area contributed by atoms with Crippen LogP contribution in [0.4, 0.5) is 26.0 Å². The van der Waals surface area contributed by atoms with E-state index < -0.39 is 17.5 Å². The molecule has 1 amide bonds. The summed E-state index contributed by atoms with van der Waals surface area (Å²) in [7, 11) is 0. The van der Waals surface area contributed by atoms with Crippen LogP contribution in [0.2, 0.25) is 0 Å². The van der Waals surface area contributed by atoms with Gasteiger partial charge in [0.1, 0.15) is 24.3 Å². The van der Waals surface area contributed by atoms with E-state index in [0.29, 0.717) is 17.3 Å². The number of nitrogens with one attached hydrogen (secondary N) is 2. The average molecular weight is 392 g/mol. The van der Waals surface area contributed by atoms with E-state index in [1.165, 1.54) is 12.4 Å².